The molecule has 0 bridgehead atoms. The largest absolute Gasteiger partial charge is 0.490 e. The van der Waals surface area contributed by atoms with Gasteiger partial charge in [-0.25, -0.2) is 0 Å². The summed E-state index contributed by atoms with van der Waals surface area (Å²) in [5.74, 6) is 1.88. The van der Waals surface area contributed by atoms with E-state index in [1.165, 1.54) is 11.1 Å². The van der Waals surface area contributed by atoms with Crippen molar-refractivity contribution >= 4 is 5.78 Å². The number of carbonyl (C=O) groups is 1. The number of ketones is 1. The lowest BCUT2D eigenvalue weighted by molar-refractivity contribution is -0.117. The summed E-state index contributed by atoms with van der Waals surface area (Å²) in [7, 11) is 0. The maximum atomic E-state index is 11.6. The van der Waals surface area contributed by atoms with Crippen LogP contribution in [0.1, 0.15) is 56.2 Å². The van der Waals surface area contributed by atoms with E-state index in [1.807, 2.05) is 32.0 Å². The molecule has 0 spiro atoms. The van der Waals surface area contributed by atoms with Crippen molar-refractivity contribution in [3.05, 3.63) is 53.1 Å². The third-order valence-corrected chi connectivity index (χ3v) is 5.31. The number of ether oxygens (including phenoxy) is 1. The van der Waals surface area contributed by atoms with E-state index in [0.29, 0.717) is 35.0 Å². The number of fused-ring (bicyclic) bond motifs is 1. The topological polar surface area (TPSA) is 89.0 Å². The molecule has 1 heterocycles. The van der Waals surface area contributed by atoms with Crippen LogP contribution < -0.4 is 4.74 Å². The summed E-state index contributed by atoms with van der Waals surface area (Å²) >= 11 is 0. The van der Waals surface area contributed by atoms with Crippen LogP contribution in [0.4, 0.5) is 0 Å². The molecule has 1 aliphatic rings. The van der Waals surface area contributed by atoms with Crippen LogP contribution in [0.15, 0.2) is 40.9 Å². The fourth-order valence-electron chi connectivity index (χ4n) is 4.07. The van der Waals surface area contributed by atoms with Crippen molar-refractivity contribution in [1.82, 2.24) is 10.1 Å². The highest BCUT2D eigenvalue weighted by Crippen LogP contribution is 2.40. The zero-order valence-corrected chi connectivity index (χ0v) is 17.3. The van der Waals surface area contributed by atoms with Gasteiger partial charge >= 0.3 is 0 Å². The average Bonchev–Trinajstić information content (AvgIpc) is 3.35. The van der Waals surface area contributed by atoms with E-state index in [2.05, 4.69) is 22.3 Å². The zero-order valence-electron chi connectivity index (χ0n) is 17.3. The quantitative estimate of drug-likeness (QED) is 0.573. The smallest absolute Gasteiger partial charge is 0.258 e. The number of aromatic nitrogens is 2. The Hall–Kier alpha value is -3.46. The summed E-state index contributed by atoms with van der Waals surface area (Å²) in [6.07, 6.45) is 2.40. The second-order valence-corrected chi connectivity index (χ2v) is 7.93. The average molecular weight is 401 g/mol. The number of Topliss-reactive ketones (excluding diaryl/α,β-unsaturated/α-hetero) is 1. The Morgan fingerprint density at radius 3 is 2.90 bits per heavy atom. The van der Waals surface area contributed by atoms with Gasteiger partial charge in [-0.15, -0.1) is 0 Å². The molecule has 0 N–H and O–H groups in total. The van der Waals surface area contributed by atoms with E-state index in [-0.39, 0.29) is 17.8 Å². The molecule has 4 rings (SSSR count). The zero-order chi connectivity index (χ0) is 21.3. The van der Waals surface area contributed by atoms with Gasteiger partial charge in [-0.3, -0.25) is 0 Å². The third-order valence-electron chi connectivity index (χ3n) is 5.31. The highest BCUT2D eigenvalue weighted by atomic mass is 16.5. The number of hydrogen-bond acceptors (Lipinski definition) is 6. The van der Waals surface area contributed by atoms with Crippen LogP contribution in [0.5, 0.6) is 5.75 Å². The molecule has 0 unspecified atom stereocenters. The molecule has 2 aromatic carbocycles. The molecule has 1 atom stereocenters. The van der Waals surface area contributed by atoms with Crippen molar-refractivity contribution in [3.63, 3.8) is 0 Å². The number of rotatable bonds is 6. The van der Waals surface area contributed by atoms with Gasteiger partial charge in [0.05, 0.1) is 11.7 Å². The van der Waals surface area contributed by atoms with Crippen LogP contribution in [0.25, 0.3) is 22.8 Å². The van der Waals surface area contributed by atoms with Gasteiger partial charge in [-0.1, -0.05) is 23.4 Å². The standard InChI is InChI=1S/C24H23N3O3/c1-14(2)29-22-10-8-17(12-18(22)13-25)24-26-23(27-30-24)21-6-4-5-19-16(11-15(3)28)7-9-20(19)21/h4-6,8,10,12,14,16H,7,9,11H2,1-3H3/t16-/m0/s1. The first kappa shape index (κ1) is 19.8. The van der Waals surface area contributed by atoms with Gasteiger partial charge in [0, 0.05) is 17.5 Å². The summed E-state index contributed by atoms with van der Waals surface area (Å²) in [5, 5.41) is 13.6. The fraction of sp³-hybridized carbons (Fsp3) is 0.333. The van der Waals surface area contributed by atoms with Gasteiger partial charge in [-0.2, -0.15) is 10.2 Å². The molecule has 152 valence electrons. The first-order valence-corrected chi connectivity index (χ1v) is 10.1. The summed E-state index contributed by atoms with van der Waals surface area (Å²) in [4.78, 5) is 16.2. The molecule has 6 heteroatoms. The Labute approximate surface area is 175 Å². The van der Waals surface area contributed by atoms with E-state index in [0.717, 1.165) is 18.4 Å². The van der Waals surface area contributed by atoms with Crippen molar-refractivity contribution in [2.24, 2.45) is 0 Å². The van der Waals surface area contributed by atoms with Crippen LogP contribution in [0.2, 0.25) is 0 Å². The molecule has 3 aromatic rings. The Bertz CT molecular complexity index is 1140. The molecule has 0 fully saturated rings. The number of benzene rings is 2. The molecule has 30 heavy (non-hydrogen) atoms. The molecule has 0 amide bonds. The van der Waals surface area contributed by atoms with Gasteiger partial charge in [0.2, 0.25) is 5.82 Å². The maximum absolute atomic E-state index is 11.6. The predicted molar refractivity (Wildman–Crippen MR) is 112 cm³/mol. The second-order valence-electron chi connectivity index (χ2n) is 7.93. The van der Waals surface area contributed by atoms with Crippen LogP contribution in [-0.2, 0) is 11.2 Å². The molecule has 0 saturated heterocycles. The van der Waals surface area contributed by atoms with Gasteiger partial charge in [-0.05, 0) is 68.9 Å². The van der Waals surface area contributed by atoms with Crippen LogP contribution in [0, 0.1) is 11.3 Å². The minimum atomic E-state index is -0.0232. The fourth-order valence-corrected chi connectivity index (χ4v) is 4.07. The third kappa shape index (κ3) is 3.84. The molecule has 0 aliphatic heterocycles. The molecule has 6 nitrogen and oxygen atoms in total. The van der Waals surface area contributed by atoms with E-state index in [4.69, 9.17) is 9.26 Å². The highest BCUT2D eigenvalue weighted by Gasteiger charge is 2.27. The summed E-state index contributed by atoms with van der Waals surface area (Å²) in [5.41, 5.74) is 4.43. The Balaban J connectivity index is 1.66. The molecule has 1 aliphatic carbocycles. The highest BCUT2D eigenvalue weighted by molar-refractivity contribution is 5.77. The van der Waals surface area contributed by atoms with Gasteiger partial charge in [0.15, 0.2) is 0 Å². The van der Waals surface area contributed by atoms with E-state index in [9.17, 15) is 10.1 Å². The summed E-state index contributed by atoms with van der Waals surface area (Å²) < 4.78 is 11.2. The number of hydrogen-bond donors (Lipinski definition) is 0. The SMILES string of the molecule is CC(=O)C[C@@H]1CCc2c(-c3noc(-c4ccc(OC(C)C)c(C#N)c4)n3)cccc21. The van der Waals surface area contributed by atoms with Crippen molar-refractivity contribution in [2.75, 3.05) is 0 Å². The summed E-state index contributed by atoms with van der Waals surface area (Å²) in [6.45, 7) is 5.47. The number of nitriles is 1. The lowest BCUT2D eigenvalue weighted by atomic mass is 9.94. The Kier molecular flexibility index (Phi) is 5.37. The molecular formula is C24H23N3O3. The van der Waals surface area contributed by atoms with Crippen LogP contribution in [0.3, 0.4) is 0 Å². The minimum absolute atomic E-state index is 0.0232. The Morgan fingerprint density at radius 2 is 2.17 bits per heavy atom. The first-order valence-electron chi connectivity index (χ1n) is 10.1. The first-order chi connectivity index (χ1) is 14.5. The predicted octanol–water partition coefficient (Wildman–Crippen LogP) is 5.07. The van der Waals surface area contributed by atoms with Gasteiger partial charge < -0.3 is 14.1 Å². The van der Waals surface area contributed by atoms with Crippen LogP contribution in [-0.4, -0.2) is 22.0 Å². The molecule has 1 aromatic heterocycles. The van der Waals surface area contributed by atoms with E-state index in [1.54, 1.807) is 19.1 Å². The molecule has 0 saturated carbocycles. The number of carbonyl (C=O) groups excluding carboxylic acids is 1. The lowest BCUT2D eigenvalue weighted by Crippen LogP contribution is -2.06. The van der Waals surface area contributed by atoms with E-state index < -0.39 is 0 Å². The maximum Gasteiger partial charge on any atom is 0.258 e. The van der Waals surface area contributed by atoms with Crippen LogP contribution >= 0.6 is 0 Å². The van der Waals surface area contributed by atoms with Gasteiger partial charge in [0.1, 0.15) is 17.6 Å². The lowest BCUT2D eigenvalue weighted by Gasteiger charge is -2.11. The Morgan fingerprint density at radius 1 is 1.33 bits per heavy atom. The van der Waals surface area contributed by atoms with Crippen molar-refractivity contribution in [1.29, 1.82) is 5.26 Å². The van der Waals surface area contributed by atoms with E-state index >= 15 is 0 Å². The second kappa shape index (κ2) is 8.11. The normalized spacial score (nSPS) is 15.1. The summed E-state index contributed by atoms with van der Waals surface area (Å²) in [6, 6.07) is 13.5. The molecular weight excluding hydrogens is 378 g/mol. The van der Waals surface area contributed by atoms with Crippen molar-refractivity contribution in [3.8, 4) is 34.7 Å². The van der Waals surface area contributed by atoms with Crippen molar-refractivity contribution in [2.45, 2.75) is 52.1 Å². The monoisotopic (exact) mass is 401 g/mol. The molecule has 0 radical (unpaired) electrons. The minimum Gasteiger partial charge on any atom is -0.490 e. The van der Waals surface area contributed by atoms with Crippen molar-refractivity contribution < 1.29 is 14.1 Å². The van der Waals surface area contributed by atoms with Gasteiger partial charge in [0.25, 0.3) is 5.89 Å². The number of nitrogens with zero attached hydrogens (tertiary/aromatic N) is 3.